The molecule has 9 heteroatoms. The summed E-state index contributed by atoms with van der Waals surface area (Å²) in [5, 5.41) is 11.6. The molecule has 2 aliphatic heterocycles. The van der Waals surface area contributed by atoms with Gasteiger partial charge < -0.3 is 14.9 Å². The van der Waals surface area contributed by atoms with E-state index in [1.165, 1.54) is 12.8 Å². The number of fused-ring (bicyclic) bond motifs is 1. The number of nitrogens with zero attached hydrogens (tertiary/aromatic N) is 5. The van der Waals surface area contributed by atoms with Gasteiger partial charge in [0.15, 0.2) is 5.65 Å². The number of likely N-dealkylation sites (tertiary alicyclic amines) is 1. The molecule has 8 nitrogen and oxygen atoms in total. The maximum atomic E-state index is 15.2. The van der Waals surface area contributed by atoms with Crippen LogP contribution in [-0.2, 0) is 4.79 Å². The van der Waals surface area contributed by atoms with Crippen molar-refractivity contribution in [2.75, 3.05) is 24.5 Å². The molecule has 2 aromatic heterocycles. The van der Waals surface area contributed by atoms with Crippen molar-refractivity contribution in [1.82, 2.24) is 19.5 Å². The Balaban J connectivity index is 0.000000892. The van der Waals surface area contributed by atoms with Gasteiger partial charge in [-0.1, -0.05) is 12.8 Å². The summed E-state index contributed by atoms with van der Waals surface area (Å²) in [5.74, 6) is 0.118. The molecular weight excluding hydrogens is 473 g/mol. The minimum absolute atomic E-state index is 0.00250. The summed E-state index contributed by atoms with van der Waals surface area (Å²) in [6.45, 7) is 4.63. The third-order valence-corrected chi connectivity index (χ3v) is 7.68. The monoisotopic (exact) mass is 507 g/mol. The first-order valence-electron chi connectivity index (χ1n) is 13.3. The second-order valence-corrected chi connectivity index (χ2v) is 10.3. The molecule has 0 bridgehead atoms. The normalized spacial score (nSPS) is 19.9. The number of anilines is 1. The van der Waals surface area contributed by atoms with E-state index in [0.29, 0.717) is 28.5 Å². The van der Waals surface area contributed by atoms with Crippen LogP contribution in [0.2, 0.25) is 0 Å². The molecule has 1 unspecified atom stereocenters. The molecule has 6 rings (SSSR count). The first kappa shape index (κ1) is 25.2. The van der Waals surface area contributed by atoms with E-state index in [-0.39, 0.29) is 24.2 Å². The van der Waals surface area contributed by atoms with E-state index >= 15 is 4.39 Å². The summed E-state index contributed by atoms with van der Waals surface area (Å²) in [7, 11) is 0. The Kier molecular flexibility index (Phi) is 7.39. The number of halogens is 1. The fourth-order valence-electron chi connectivity index (χ4n) is 5.52. The predicted octanol–water partition coefficient (Wildman–Crippen LogP) is 5.12. The molecule has 1 N–H and O–H groups in total. The van der Waals surface area contributed by atoms with E-state index in [2.05, 4.69) is 11.8 Å². The van der Waals surface area contributed by atoms with Crippen LogP contribution in [0, 0.1) is 5.82 Å². The van der Waals surface area contributed by atoms with E-state index in [1.54, 1.807) is 6.07 Å². The number of carbonyl (C=O) groups is 2. The van der Waals surface area contributed by atoms with Crippen molar-refractivity contribution in [3.8, 4) is 11.3 Å². The molecule has 37 heavy (non-hydrogen) atoms. The van der Waals surface area contributed by atoms with Crippen molar-refractivity contribution in [2.24, 2.45) is 0 Å². The first-order valence-corrected chi connectivity index (χ1v) is 13.3. The number of benzene rings is 1. The molecule has 1 saturated carbocycles. The van der Waals surface area contributed by atoms with Gasteiger partial charge in [-0.2, -0.15) is 5.10 Å². The van der Waals surface area contributed by atoms with Crippen LogP contribution >= 0.6 is 0 Å². The zero-order chi connectivity index (χ0) is 25.9. The van der Waals surface area contributed by atoms with Gasteiger partial charge in [-0.15, -0.1) is 0 Å². The molecule has 2 saturated heterocycles. The zero-order valence-electron chi connectivity index (χ0n) is 21.3. The number of carboxylic acid groups (broad SMARTS) is 1. The molecule has 1 aliphatic carbocycles. The van der Waals surface area contributed by atoms with Gasteiger partial charge in [0.1, 0.15) is 11.5 Å². The summed E-state index contributed by atoms with van der Waals surface area (Å²) >= 11 is 0. The lowest BCUT2D eigenvalue weighted by molar-refractivity contribution is -0.122. The van der Waals surface area contributed by atoms with Crippen LogP contribution in [0.25, 0.3) is 16.9 Å². The predicted molar refractivity (Wildman–Crippen MR) is 139 cm³/mol. The van der Waals surface area contributed by atoms with Gasteiger partial charge in [-0.3, -0.25) is 9.59 Å². The molecule has 0 radical (unpaired) electrons. The van der Waals surface area contributed by atoms with Gasteiger partial charge >= 0.3 is 0 Å². The van der Waals surface area contributed by atoms with Gasteiger partial charge in [-0.05, 0) is 69.7 Å². The maximum Gasteiger partial charge on any atom is 0.290 e. The topological polar surface area (TPSA) is 91.0 Å². The van der Waals surface area contributed by atoms with Gasteiger partial charge in [0, 0.05) is 54.6 Å². The lowest BCUT2D eigenvalue weighted by atomic mass is 10.1. The summed E-state index contributed by atoms with van der Waals surface area (Å²) < 4.78 is 17.0. The highest BCUT2D eigenvalue weighted by Crippen LogP contribution is 2.41. The fraction of sp³-hybridized carbons (Fsp3) is 0.500. The summed E-state index contributed by atoms with van der Waals surface area (Å²) in [6, 6.07) is 9.40. The Labute approximate surface area is 216 Å². The quantitative estimate of drug-likeness (QED) is 0.493. The Bertz CT molecular complexity index is 1280. The van der Waals surface area contributed by atoms with E-state index in [0.717, 1.165) is 69.5 Å². The number of amides is 1. The second-order valence-electron chi connectivity index (χ2n) is 10.3. The number of rotatable bonds is 4. The molecule has 1 amide bonds. The van der Waals surface area contributed by atoms with Gasteiger partial charge in [0.05, 0.1) is 5.69 Å². The molecule has 3 fully saturated rings. The van der Waals surface area contributed by atoms with Crippen molar-refractivity contribution in [3.05, 3.63) is 47.5 Å². The molecule has 3 aliphatic rings. The van der Waals surface area contributed by atoms with E-state index in [4.69, 9.17) is 20.0 Å². The van der Waals surface area contributed by atoms with E-state index in [9.17, 15) is 4.79 Å². The molecule has 1 atom stereocenters. The Morgan fingerprint density at radius 1 is 1.03 bits per heavy atom. The number of aromatic nitrogens is 3. The minimum atomic E-state index is -0.268. The van der Waals surface area contributed by atoms with Crippen molar-refractivity contribution < 1.29 is 19.1 Å². The molecule has 0 spiro atoms. The SMILES string of the molecule is CC1CCCCCN1C(=O)c1cc(C2CC2)n2nc(-c3ccc(N4CCCC4)cc3F)cc2n1.O=CO. The number of hydrogen-bond acceptors (Lipinski definition) is 5. The zero-order valence-corrected chi connectivity index (χ0v) is 21.3. The van der Waals surface area contributed by atoms with Crippen LogP contribution in [0.15, 0.2) is 30.3 Å². The Morgan fingerprint density at radius 2 is 1.76 bits per heavy atom. The number of carbonyl (C=O) groups excluding carboxylic acids is 1. The average molecular weight is 508 g/mol. The third kappa shape index (κ3) is 5.31. The molecular formula is C28H34FN5O3. The van der Waals surface area contributed by atoms with Gasteiger partial charge in [0.2, 0.25) is 0 Å². The smallest absolute Gasteiger partial charge is 0.290 e. The van der Waals surface area contributed by atoms with Crippen LogP contribution in [0.3, 0.4) is 0 Å². The van der Waals surface area contributed by atoms with Crippen molar-refractivity contribution in [2.45, 2.75) is 70.3 Å². The molecule has 4 heterocycles. The molecule has 196 valence electrons. The molecule has 1 aromatic carbocycles. The Morgan fingerprint density at radius 3 is 2.46 bits per heavy atom. The highest BCUT2D eigenvalue weighted by molar-refractivity contribution is 5.93. The van der Waals surface area contributed by atoms with E-state index < -0.39 is 0 Å². The van der Waals surface area contributed by atoms with E-state index in [1.807, 2.05) is 33.7 Å². The fourth-order valence-corrected chi connectivity index (χ4v) is 5.52. The summed E-state index contributed by atoms with van der Waals surface area (Å²) in [4.78, 5) is 30.8. The summed E-state index contributed by atoms with van der Waals surface area (Å²) in [6.07, 6.45) is 8.89. The van der Waals surface area contributed by atoms with Crippen molar-refractivity contribution in [3.63, 3.8) is 0 Å². The second kappa shape index (κ2) is 10.9. The highest BCUT2D eigenvalue weighted by atomic mass is 19.1. The van der Waals surface area contributed by atoms with Crippen LogP contribution in [0.1, 0.15) is 80.4 Å². The lowest BCUT2D eigenvalue weighted by Gasteiger charge is -2.27. The van der Waals surface area contributed by atoms with Crippen molar-refractivity contribution >= 4 is 23.7 Å². The van der Waals surface area contributed by atoms with Crippen LogP contribution in [0.5, 0.6) is 0 Å². The lowest BCUT2D eigenvalue weighted by Crippen LogP contribution is -2.38. The summed E-state index contributed by atoms with van der Waals surface area (Å²) in [5.41, 5.74) is 4.08. The van der Waals surface area contributed by atoms with Gasteiger partial charge in [0.25, 0.3) is 12.4 Å². The maximum absolute atomic E-state index is 15.2. The first-order chi connectivity index (χ1) is 18.0. The van der Waals surface area contributed by atoms with Crippen LogP contribution in [0.4, 0.5) is 10.1 Å². The van der Waals surface area contributed by atoms with Crippen LogP contribution in [-0.4, -0.2) is 62.7 Å². The van der Waals surface area contributed by atoms with Gasteiger partial charge in [-0.25, -0.2) is 13.9 Å². The highest BCUT2D eigenvalue weighted by Gasteiger charge is 2.31. The minimum Gasteiger partial charge on any atom is -0.483 e. The van der Waals surface area contributed by atoms with Crippen LogP contribution < -0.4 is 4.90 Å². The third-order valence-electron chi connectivity index (χ3n) is 7.68. The standard InChI is InChI=1S/C27H32FN5O.CH2O2/c1-18-7-3-2-4-14-32(18)27(34)24-16-25(19-8-9-19)33-26(29-24)17-23(30-33)21-11-10-20(15-22(21)28)31-12-5-6-13-31;2-1-3/h10-11,15-19H,2-9,12-14H2,1H3;1H,(H,2,3). The average Bonchev–Trinajstić information content (AvgIpc) is 3.48. The Hall–Kier alpha value is -3.49. The molecule has 3 aromatic rings. The number of hydrogen-bond donors (Lipinski definition) is 1. The van der Waals surface area contributed by atoms with Crippen molar-refractivity contribution in [1.29, 1.82) is 0 Å². The largest absolute Gasteiger partial charge is 0.483 e.